The standard InChI is InChI=1S/C30H38N6O3/c1-4-27-26(28(33-32-27)31-29(37)22-12-8-14-25(17-22)39-3)20-34(2)30(38)36-19-23-13-9-15-35(23)18-24(36)16-21-10-6-5-7-11-21/h5-8,10-12,14,17,23-24H,4,9,13,15-16,18-20H2,1-3H3,(H2,31,32,33,37)/t23-,24-/m0/s1. The van der Waals surface area contributed by atoms with Crippen molar-refractivity contribution in [3.05, 3.63) is 77.0 Å². The molecule has 9 nitrogen and oxygen atoms in total. The van der Waals surface area contributed by atoms with E-state index in [1.165, 1.54) is 12.0 Å². The lowest BCUT2D eigenvalue weighted by Crippen LogP contribution is -2.60. The maximum atomic E-state index is 13.9. The molecule has 39 heavy (non-hydrogen) atoms. The summed E-state index contributed by atoms with van der Waals surface area (Å²) in [6.45, 7) is 5.12. The summed E-state index contributed by atoms with van der Waals surface area (Å²) in [6.07, 6.45) is 3.85. The number of methoxy groups -OCH3 is 1. The normalized spacial score (nSPS) is 19.0. The van der Waals surface area contributed by atoms with Gasteiger partial charge in [-0.15, -0.1) is 0 Å². The maximum Gasteiger partial charge on any atom is 0.320 e. The van der Waals surface area contributed by atoms with Crippen molar-refractivity contribution < 1.29 is 14.3 Å². The lowest BCUT2D eigenvalue weighted by Gasteiger charge is -2.45. The number of H-pyrrole nitrogens is 1. The Bertz CT molecular complexity index is 1290. The van der Waals surface area contributed by atoms with E-state index >= 15 is 0 Å². The van der Waals surface area contributed by atoms with E-state index < -0.39 is 0 Å². The Morgan fingerprint density at radius 3 is 2.74 bits per heavy atom. The third kappa shape index (κ3) is 5.93. The van der Waals surface area contributed by atoms with E-state index in [1.807, 2.05) is 20.0 Å². The molecule has 0 saturated carbocycles. The lowest BCUT2D eigenvalue weighted by atomic mass is 10.00. The number of rotatable bonds is 8. The van der Waals surface area contributed by atoms with Crippen molar-refractivity contribution in [2.24, 2.45) is 0 Å². The molecule has 2 aliphatic rings. The molecule has 2 saturated heterocycles. The van der Waals surface area contributed by atoms with Crippen LogP contribution in [0.1, 0.15) is 46.9 Å². The maximum absolute atomic E-state index is 13.9. The van der Waals surface area contributed by atoms with Crippen molar-refractivity contribution in [1.82, 2.24) is 24.9 Å². The van der Waals surface area contributed by atoms with Gasteiger partial charge in [-0.3, -0.25) is 14.8 Å². The number of fused-ring (bicyclic) bond motifs is 1. The predicted molar refractivity (Wildman–Crippen MR) is 151 cm³/mol. The first kappa shape index (κ1) is 26.7. The number of hydrogen-bond donors (Lipinski definition) is 2. The molecular weight excluding hydrogens is 492 g/mol. The number of carbonyl (C=O) groups excluding carboxylic acids is 2. The van der Waals surface area contributed by atoms with Crippen LogP contribution in [0, 0.1) is 0 Å². The average molecular weight is 531 g/mol. The van der Waals surface area contributed by atoms with Gasteiger partial charge in [0, 0.05) is 43.0 Å². The number of anilines is 1. The van der Waals surface area contributed by atoms with Crippen LogP contribution in [-0.2, 0) is 19.4 Å². The van der Waals surface area contributed by atoms with E-state index in [9.17, 15) is 9.59 Å². The number of hydrogen-bond acceptors (Lipinski definition) is 5. The second-order valence-electron chi connectivity index (χ2n) is 10.5. The summed E-state index contributed by atoms with van der Waals surface area (Å²) in [4.78, 5) is 33.3. The third-order valence-electron chi connectivity index (χ3n) is 7.94. The minimum Gasteiger partial charge on any atom is -0.497 e. The molecule has 2 atom stereocenters. The highest BCUT2D eigenvalue weighted by Gasteiger charge is 2.39. The highest BCUT2D eigenvalue weighted by molar-refractivity contribution is 6.04. The fourth-order valence-corrected chi connectivity index (χ4v) is 5.82. The number of amides is 3. The number of ether oxygens (including phenoxy) is 1. The van der Waals surface area contributed by atoms with Crippen LogP contribution in [0.5, 0.6) is 5.75 Å². The molecule has 3 amide bonds. The molecular formula is C30H38N6O3. The molecule has 3 heterocycles. The number of urea groups is 1. The number of nitrogens with zero attached hydrogens (tertiary/aromatic N) is 4. The SMILES string of the molecule is CCc1[nH]nc(NC(=O)c2cccc(OC)c2)c1CN(C)C(=O)N1C[C@@H]2CCCN2C[C@@H]1Cc1ccccc1. The Morgan fingerprint density at radius 1 is 1.15 bits per heavy atom. The van der Waals surface area contributed by atoms with Gasteiger partial charge in [0.1, 0.15) is 5.75 Å². The largest absolute Gasteiger partial charge is 0.497 e. The van der Waals surface area contributed by atoms with Crippen molar-refractivity contribution in [2.75, 3.05) is 39.1 Å². The molecule has 9 heteroatoms. The number of piperazine rings is 1. The summed E-state index contributed by atoms with van der Waals surface area (Å²) in [6, 6.07) is 18.0. The molecule has 0 aliphatic carbocycles. The Balaban J connectivity index is 1.33. The second-order valence-corrected chi connectivity index (χ2v) is 10.5. The molecule has 0 unspecified atom stereocenters. The molecule has 0 radical (unpaired) electrons. The van der Waals surface area contributed by atoms with Crippen LogP contribution in [0.4, 0.5) is 10.6 Å². The van der Waals surface area contributed by atoms with Crippen LogP contribution < -0.4 is 10.1 Å². The van der Waals surface area contributed by atoms with Crippen LogP contribution in [0.25, 0.3) is 0 Å². The fraction of sp³-hybridized carbons (Fsp3) is 0.433. The molecule has 0 spiro atoms. The predicted octanol–water partition coefficient (Wildman–Crippen LogP) is 4.18. The van der Waals surface area contributed by atoms with E-state index in [4.69, 9.17) is 4.74 Å². The summed E-state index contributed by atoms with van der Waals surface area (Å²) in [5.41, 5.74) is 3.44. The van der Waals surface area contributed by atoms with Gasteiger partial charge in [-0.05, 0) is 56.0 Å². The molecule has 0 bridgehead atoms. The average Bonchev–Trinajstić information content (AvgIpc) is 3.58. The van der Waals surface area contributed by atoms with E-state index in [0.717, 1.165) is 43.7 Å². The summed E-state index contributed by atoms with van der Waals surface area (Å²) < 4.78 is 5.26. The van der Waals surface area contributed by atoms with Crippen LogP contribution in [0.15, 0.2) is 54.6 Å². The molecule has 2 aromatic carbocycles. The van der Waals surface area contributed by atoms with Crippen molar-refractivity contribution in [2.45, 2.75) is 51.2 Å². The van der Waals surface area contributed by atoms with Gasteiger partial charge in [-0.1, -0.05) is 43.3 Å². The molecule has 2 aliphatic heterocycles. The third-order valence-corrected chi connectivity index (χ3v) is 7.94. The van der Waals surface area contributed by atoms with E-state index in [2.05, 4.69) is 49.6 Å². The molecule has 5 rings (SSSR count). The quantitative estimate of drug-likeness (QED) is 0.456. The van der Waals surface area contributed by atoms with Gasteiger partial charge in [-0.25, -0.2) is 4.79 Å². The van der Waals surface area contributed by atoms with Crippen molar-refractivity contribution in [3.63, 3.8) is 0 Å². The Kier molecular flexibility index (Phi) is 8.16. The fourth-order valence-electron chi connectivity index (χ4n) is 5.82. The van der Waals surface area contributed by atoms with Crippen molar-refractivity contribution in [3.8, 4) is 5.75 Å². The molecule has 2 N–H and O–H groups in total. The van der Waals surface area contributed by atoms with Gasteiger partial charge in [-0.2, -0.15) is 5.10 Å². The molecule has 206 valence electrons. The van der Waals surface area contributed by atoms with E-state index in [0.29, 0.717) is 36.1 Å². The summed E-state index contributed by atoms with van der Waals surface area (Å²) in [5.74, 6) is 0.774. The number of aromatic nitrogens is 2. The smallest absolute Gasteiger partial charge is 0.320 e. The van der Waals surface area contributed by atoms with Gasteiger partial charge in [0.15, 0.2) is 5.82 Å². The lowest BCUT2D eigenvalue weighted by molar-refractivity contribution is 0.0589. The highest BCUT2D eigenvalue weighted by Crippen LogP contribution is 2.28. The summed E-state index contributed by atoms with van der Waals surface area (Å²) in [5, 5.41) is 10.4. The number of aromatic amines is 1. The monoisotopic (exact) mass is 530 g/mol. The topological polar surface area (TPSA) is 93.8 Å². The van der Waals surface area contributed by atoms with Gasteiger partial charge in [0.25, 0.3) is 5.91 Å². The van der Waals surface area contributed by atoms with Crippen LogP contribution >= 0.6 is 0 Å². The first-order valence-corrected chi connectivity index (χ1v) is 13.8. The molecule has 3 aromatic rings. The summed E-state index contributed by atoms with van der Waals surface area (Å²) >= 11 is 0. The second kappa shape index (κ2) is 11.9. The van der Waals surface area contributed by atoms with E-state index in [-0.39, 0.29) is 18.0 Å². The van der Waals surface area contributed by atoms with Gasteiger partial charge >= 0.3 is 6.03 Å². The molecule has 2 fully saturated rings. The zero-order valence-electron chi connectivity index (χ0n) is 23.0. The van der Waals surface area contributed by atoms with E-state index in [1.54, 1.807) is 36.3 Å². The van der Waals surface area contributed by atoms with Crippen LogP contribution in [0.2, 0.25) is 0 Å². The van der Waals surface area contributed by atoms with Gasteiger partial charge in [0.2, 0.25) is 0 Å². The Labute approximate surface area is 230 Å². The zero-order chi connectivity index (χ0) is 27.4. The number of nitrogens with one attached hydrogen (secondary N) is 2. The zero-order valence-corrected chi connectivity index (χ0v) is 23.0. The number of carbonyl (C=O) groups is 2. The Hall–Kier alpha value is -3.85. The molecule has 1 aromatic heterocycles. The minimum atomic E-state index is -0.279. The first-order chi connectivity index (χ1) is 19.0. The number of aryl methyl sites for hydroxylation is 1. The summed E-state index contributed by atoms with van der Waals surface area (Å²) in [7, 11) is 3.41. The van der Waals surface area contributed by atoms with Crippen molar-refractivity contribution in [1.29, 1.82) is 0 Å². The van der Waals surface area contributed by atoms with Crippen LogP contribution in [0.3, 0.4) is 0 Å². The van der Waals surface area contributed by atoms with Gasteiger partial charge < -0.3 is 19.9 Å². The first-order valence-electron chi connectivity index (χ1n) is 13.8. The highest BCUT2D eigenvalue weighted by atomic mass is 16.5. The van der Waals surface area contributed by atoms with Crippen molar-refractivity contribution >= 4 is 17.8 Å². The number of benzene rings is 2. The Morgan fingerprint density at radius 2 is 1.97 bits per heavy atom. The van der Waals surface area contributed by atoms with Gasteiger partial charge in [0.05, 0.1) is 19.7 Å². The van der Waals surface area contributed by atoms with Crippen LogP contribution in [-0.4, -0.2) is 82.7 Å². The minimum absolute atomic E-state index is 0.0100.